The number of nitrogens with one attached hydrogen (secondary N) is 3. The quantitative estimate of drug-likeness (QED) is 0.766. The predicted octanol–water partition coefficient (Wildman–Crippen LogP) is 2.32. The van der Waals surface area contributed by atoms with E-state index in [1.165, 1.54) is 18.4 Å². The molecule has 0 saturated carbocycles. The van der Waals surface area contributed by atoms with Gasteiger partial charge in [0.25, 0.3) is 0 Å². The molecule has 2 heterocycles. The molecule has 0 radical (unpaired) electrons. The van der Waals surface area contributed by atoms with E-state index in [0.29, 0.717) is 0 Å². The summed E-state index contributed by atoms with van der Waals surface area (Å²) in [5.74, 6) is 0.855. The van der Waals surface area contributed by atoms with E-state index in [0.717, 1.165) is 36.6 Å². The fourth-order valence-corrected chi connectivity index (χ4v) is 3.05. The van der Waals surface area contributed by atoms with Gasteiger partial charge in [-0.05, 0) is 38.4 Å². The molecule has 1 saturated heterocycles. The maximum atomic E-state index is 5.30. The minimum Gasteiger partial charge on any atom is -0.497 e. The minimum absolute atomic E-state index is 0.222. The normalized spacial score (nSPS) is 21.2. The molecule has 3 rings (SSSR count). The summed E-state index contributed by atoms with van der Waals surface area (Å²) in [6.45, 7) is 5.18. The van der Waals surface area contributed by atoms with Crippen molar-refractivity contribution in [3.63, 3.8) is 0 Å². The lowest BCUT2D eigenvalue weighted by molar-refractivity contribution is 0.385. The molecule has 1 aromatic carbocycles. The Morgan fingerprint density at radius 3 is 3.09 bits per heavy atom. The Hall–Kier alpha value is -1.85. The molecule has 1 aromatic heterocycles. The van der Waals surface area contributed by atoms with Crippen LogP contribution in [0.25, 0.3) is 11.3 Å². The van der Waals surface area contributed by atoms with E-state index in [1.54, 1.807) is 7.11 Å². The first-order valence-electron chi connectivity index (χ1n) is 7.83. The molecule has 0 bridgehead atoms. The zero-order chi connectivity index (χ0) is 15.4. The molecule has 0 aliphatic carbocycles. The van der Waals surface area contributed by atoms with Crippen molar-refractivity contribution in [2.24, 2.45) is 0 Å². The molecular weight excluding hydrogens is 276 g/mol. The van der Waals surface area contributed by atoms with E-state index < -0.39 is 0 Å². The number of methoxy groups -OCH3 is 1. The van der Waals surface area contributed by atoms with Gasteiger partial charge in [0.15, 0.2) is 0 Å². The lowest BCUT2D eigenvalue weighted by Crippen LogP contribution is -2.45. The van der Waals surface area contributed by atoms with Gasteiger partial charge in [-0.1, -0.05) is 12.1 Å². The predicted molar refractivity (Wildman–Crippen MR) is 87.9 cm³/mol. The van der Waals surface area contributed by atoms with Crippen LogP contribution in [0, 0.1) is 0 Å². The van der Waals surface area contributed by atoms with Crippen molar-refractivity contribution < 1.29 is 4.74 Å². The molecule has 118 valence electrons. The first-order valence-corrected chi connectivity index (χ1v) is 7.83. The number of aromatic nitrogens is 2. The number of nitrogens with zero attached hydrogens (tertiary/aromatic N) is 1. The maximum absolute atomic E-state index is 5.30. The van der Waals surface area contributed by atoms with Crippen LogP contribution in [0.3, 0.4) is 0 Å². The van der Waals surface area contributed by atoms with Crippen LogP contribution in [0.4, 0.5) is 0 Å². The van der Waals surface area contributed by atoms with Crippen molar-refractivity contribution in [3.05, 3.63) is 36.0 Å². The van der Waals surface area contributed by atoms with E-state index in [9.17, 15) is 0 Å². The van der Waals surface area contributed by atoms with E-state index in [4.69, 9.17) is 4.74 Å². The van der Waals surface area contributed by atoms with Crippen LogP contribution in [0.15, 0.2) is 30.5 Å². The molecule has 1 fully saturated rings. The fourth-order valence-electron chi connectivity index (χ4n) is 3.05. The molecule has 1 aliphatic heterocycles. The van der Waals surface area contributed by atoms with Gasteiger partial charge in [-0.3, -0.25) is 5.10 Å². The summed E-state index contributed by atoms with van der Waals surface area (Å²) in [5.41, 5.74) is 3.55. The summed E-state index contributed by atoms with van der Waals surface area (Å²) in [6.07, 6.45) is 4.39. The molecule has 5 heteroatoms. The molecule has 1 unspecified atom stereocenters. The average molecular weight is 300 g/mol. The lowest BCUT2D eigenvalue weighted by atomic mass is 10.0. The molecule has 5 nitrogen and oxygen atoms in total. The molecule has 0 spiro atoms. The summed E-state index contributed by atoms with van der Waals surface area (Å²) in [6, 6.07) is 8.04. The third kappa shape index (κ3) is 3.31. The van der Waals surface area contributed by atoms with Crippen LogP contribution in [-0.2, 0) is 6.54 Å². The Morgan fingerprint density at radius 1 is 1.41 bits per heavy atom. The highest BCUT2D eigenvalue weighted by Gasteiger charge is 2.27. The standard InChI is InChI=1S/C17H24N4O/c1-17(7-4-8-19-17)12-18-10-14-11-20-21-16(14)13-5-3-6-15(9-13)22-2/h3,5-6,9,11,18-19H,4,7-8,10,12H2,1-2H3,(H,20,21). The number of rotatable bonds is 6. The Bertz CT molecular complexity index is 617. The lowest BCUT2D eigenvalue weighted by Gasteiger charge is -2.24. The van der Waals surface area contributed by atoms with Gasteiger partial charge in [0.2, 0.25) is 0 Å². The minimum atomic E-state index is 0.222. The number of H-pyrrole nitrogens is 1. The highest BCUT2D eigenvalue weighted by atomic mass is 16.5. The second kappa shape index (κ2) is 6.50. The van der Waals surface area contributed by atoms with Crippen molar-refractivity contribution in [1.82, 2.24) is 20.8 Å². The van der Waals surface area contributed by atoms with Gasteiger partial charge < -0.3 is 15.4 Å². The largest absolute Gasteiger partial charge is 0.497 e. The highest BCUT2D eigenvalue weighted by molar-refractivity contribution is 5.64. The van der Waals surface area contributed by atoms with Gasteiger partial charge in [-0.2, -0.15) is 5.10 Å². The first kappa shape index (κ1) is 15.1. The third-order valence-corrected chi connectivity index (χ3v) is 4.36. The summed E-state index contributed by atoms with van der Waals surface area (Å²) < 4.78 is 5.30. The average Bonchev–Trinajstić information content (AvgIpc) is 3.17. The van der Waals surface area contributed by atoms with Crippen molar-refractivity contribution >= 4 is 0 Å². The number of hydrogen-bond donors (Lipinski definition) is 3. The monoisotopic (exact) mass is 300 g/mol. The highest BCUT2D eigenvalue weighted by Crippen LogP contribution is 2.25. The van der Waals surface area contributed by atoms with Gasteiger partial charge in [0.05, 0.1) is 19.0 Å². The number of benzene rings is 1. The van der Waals surface area contributed by atoms with Gasteiger partial charge in [-0.25, -0.2) is 0 Å². The van der Waals surface area contributed by atoms with E-state index in [1.807, 2.05) is 24.4 Å². The van der Waals surface area contributed by atoms with Crippen LogP contribution in [0.2, 0.25) is 0 Å². The number of ether oxygens (including phenoxy) is 1. The zero-order valence-electron chi connectivity index (χ0n) is 13.3. The smallest absolute Gasteiger partial charge is 0.119 e. The molecule has 22 heavy (non-hydrogen) atoms. The maximum Gasteiger partial charge on any atom is 0.119 e. The SMILES string of the molecule is COc1cccc(-c2[nH]ncc2CNCC2(C)CCCN2)c1. The van der Waals surface area contributed by atoms with Crippen molar-refractivity contribution in [3.8, 4) is 17.0 Å². The fraction of sp³-hybridized carbons (Fsp3) is 0.471. The van der Waals surface area contributed by atoms with Gasteiger partial charge >= 0.3 is 0 Å². The van der Waals surface area contributed by atoms with Crippen LogP contribution in [0.1, 0.15) is 25.3 Å². The molecular formula is C17H24N4O. The number of hydrogen-bond acceptors (Lipinski definition) is 4. The Kier molecular flexibility index (Phi) is 4.45. The third-order valence-electron chi connectivity index (χ3n) is 4.36. The topological polar surface area (TPSA) is 62.0 Å². The second-order valence-corrected chi connectivity index (χ2v) is 6.20. The summed E-state index contributed by atoms with van der Waals surface area (Å²) in [4.78, 5) is 0. The molecule has 2 aromatic rings. The van der Waals surface area contributed by atoms with Crippen LogP contribution < -0.4 is 15.4 Å². The van der Waals surface area contributed by atoms with Crippen LogP contribution in [0.5, 0.6) is 5.75 Å². The van der Waals surface area contributed by atoms with E-state index in [2.05, 4.69) is 33.8 Å². The first-order chi connectivity index (χ1) is 10.7. The summed E-state index contributed by atoms with van der Waals surface area (Å²) in [5, 5.41) is 14.4. The second-order valence-electron chi connectivity index (χ2n) is 6.20. The molecule has 3 N–H and O–H groups in total. The molecule has 1 atom stereocenters. The van der Waals surface area contributed by atoms with Gasteiger partial charge in [0, 0.05) is 29.8 Å². The summed E-state index contributed by atoms with van der Waals surface area (Å²) in [7, 11) is 1.68. The van der Waals surface area contributed by atoms with Crippen molar-refractivity contribution in [2.45, 2.75) is 31.8 Å². The van der Waals surface area contributed by atoms with E-state index >= 15 is 0 Å². The zero-order valence-corrected chi connectivity index (χ0v) is 13.3. The van der Waals surface area contributed by atoms with Crippen molar-refractivity contribution in [1.29, 1.82) is 0 Å². The molecule has 1 aliphatic rings. The van der Waals surface area contributed by atoms with E-state index in [-0.39, 0.29) is 5.54 Å². The number of aromatic amines is 1. The van der Waals surface area contributed by atoms with Crippen LogP contribution in [-0.4, -0.2) is 35.9 Å². The molecule has 0 amide bonds. The Labute approximate surface area is 131 Å². The summed E-state index contributed by atoms with van der Waals surface area (Å²) >= 11 is 0. The Morgan fingerprint density at radius 2 is 2.32 bits per heavy atom. The van der Waals surface area contributed by atoms with Crippen LogP contribution >= 0.6 is 0 Å². The Balaban J connectivity index is 1.66. The van der Waals surface area contributed by atoms with Gasteiger partial charge in [-0.15, -0.1) is 0 Å². The van der Waals surface area contributed by atoms with Crippen molar-refractivity contribution in [2.75, 3.05) is 20.2 Å². The van der Waals surface area contributed by atoms with Gasteiger partial charge in [0.1, 0.15) is 5.75 Å².